The fraction of sp³-hybridized carbons (Fsp3) is 0.650. The number of carbonyl (C=O) groups excluding carboxylic acids is 1. The van der Waals surface area contributed by atoms with Crippen LogP contribution in [-0.2, 0) is 4.79 Å². The maximum Gasteiger partial charge on any atom is 0.245 e. The van der Waals surface area contributed by atoms with Gasteiger partial charge in [-0.2, -0.15) is 0 Å². The van der Waals surface area contributed by atoms with Gasteiger partial charge in [0, 0.05) is 18.8 Å². The van der Waals surface area contributed by atoms with Crippen molar-refractivity contribution in [3.05, 3.63) is 29.8 Å². The summed E-state index contributed by atoms with van der Waals surface area (Å²) in [4.78, 5) is 15.4. The van der Waals surface area contributed by atoms with Crippen LogP contribution in [-0.4, -0.2) is 43.0 Å². The summed E-state index contributed by atoms with van der Waals surface area (Å²) in [6.45, 7) is 5.14. The highest BCUT2D eigenvalue weighted by atomic mass is 16.2. The summed E-state index contributed by atoms with van der Waals surface area (Å²) in [6, 6.07) is 8.38. The van der Waals surface area contributed by atoms with Gasteiger partial charge < -0.3 is 15.5 Å². The van der Waals surface area contributed by atoms with Crippen LogP contribution in [0.15, 0.2) is 24.3 Å². The van der Waals surface area contributed by atoms with Gasteiger partial charge in [-0.3, -0.25) is 4.79 Å². The summed E-state index contributed by atoms with van der Waals surface area (Å²) >= 11 is 0. The van der Waals surface area contributed by atoms with E-state index in [0.717, 1.165) is 51.0 Å². The molecule has 1 aliphatic heterocycles. The zero-order valence-electron chi connectivity index (χ0n) is 15.1. The minimum absolute atomic E-state index is 0.192. The summed E-state index contributed by atoms with van der Waals surface area (Å²) in [6.07, 6.45) is 6.53. The van der Waals surface area contributed by atoms with Crippen LogP contribution in [0.5, 0.6) is 0 Å². The third kappa shape index (κ3) is 4.10. The Morgan fingerprint density at radius 1 is 1.21 bits per heavy atom. The molecule has 0 bridgehead atoms. The van der Waals surface area contributed by atoms with Gasteiger partial charge in [0.2, 0.25) is 5.91 Å². The lowest BCUT2D eigenvalue weighted by Crippen LogP contribution is -2.54. The zero-order valence-corrected chi connectivity index (χ0v) is 15.1. The van der Waals surface area contributed by atoms with Crippen molar-refractivity contribution in [2.45, 2.75) is 51.0 Å². The van der Waals surface area contributed by atoms with E-state index in [4.69, 9.17) is 0 Å². The molecular formula is C20H31N3O. The molecule has 1 atom stereocenters. The lowest BCUT2D eigenvalue weighted by Gasteiger charge is -2.37. The fourth-order valence-corrected chi connectivity index (χ4v) is 4.08. The first-order chi connectivity index (χ1) is 11.6. The van der Waals surface area contributed by atoms with Gasteiger partial charge in [-0.05, 0) is 57.8 Å². The minimum Gasteiger partial charge on any atom is -0.371 e. The van der Waals surface area contributed by atoms with Crippen molar-refractivity contribution in [1.29, 1.82) is 0 Å². The Morgan fingerprint density at radius 3 is 2.54 bits per heavy atom. The first-order valence-corrected chi connectivity index (χ1v) is 9.39. The van der Waals surface area contributed by atoms with Gasteiger partial charge in [-0.25, -0.2) is 0 Å². The van der Waals surface area contributed by atoms with Gasteiger partial charge >= 0.3 is 0 Å². The van der Waals surface area contributed by atoms with Crippen LogP contribution in [0.1, 0.15) is 44.1 Å². The standard InChI is InChI=1S/C20H31N3O/c1-16-6-8-18(9-7-16)22-20(11-4-3-5-12-20)19(24)21-14-17-10-13-23(2)15-17/h6-9,17,22H,3-5,10-15H2,1-2H3,(H,21,24). The second kappa shape index (κ2) is 7.56. The molecule has 1 aliphatic carbocycles. The van der Waals surface area contributed by atoms with Gasteiger partial charge in [0.05, 0.1) is 0 Å². The second-order valence-corrected chi connectivity index (χ2v) is 7.76. The predicted octanol–water partition coefficient (Wildman–Crippen LogP) is 3.18. The van der Waals surface area contributed by atoms with Crippen LogP contribution in [0.3, 0.4) is 0 Å². The lowest BCUT2D eigenvalue weighted by atomic mass is 9.80. The number of anilines is 1. The van der Waals surface area contributed by atoms with E-state index in [-0.39, 0.29) is 5.91 Å². The molecule has 3 rings (SSSR count). The highest BCUT2D eigenvalue weighted by Crippen LogP contribution is 2.32. The Morgan fingerprint density at radius 2 is 1.92 bits per heavy atom. The Bertz CT molecular complexity index is 549. The van der Waals surface area contributed by atoms with Crippen LogP contribution >= 0.6 is 0 Å². The first kappa shape index (κ1) is 17.3. The SMILES string of the molecule is Cc1ccc(NC2(C(=O)NCC3CCN(C)C3)CCCCC2)cc1. The number of hydrogen-bond acceptors (Lipinski definition) is 3. The number of nitrogens with zero attached hydrogens (tertiary/aromatic N) is 1. The van der Waals surface area contributed by atoms with E-state index in [9.17, 15) is 4.79 Å². The molecule has 1 unspecified atom stereocenters. The summed E-state index contributed by atoms with van der Waals surface area (Å²) in [5.41, 5.74) is 1.86. The smallest absolute Gasteiger partial charge is 0.245 e. The third-order valence-electron chi connectivity index (χ3n) is 5.62. The molecule has 1 aromatic carbocycles. The fourth-order valence-electron chi connectivity index (χ4n) is 4.08. The van der Waals surface area contributed by atoms with Crippen molar-refractivity contribution in [3.8, 4) is 0 Å². The van der Waals surface area contributed by atoms with E-state index in [0.29, 0.717) is 5.92 Å². The number of carbonyl (C=O) groups is 1. The number of amides is 1. The number of aryl methyl sites for hydroxylation is 1. The first-order valence-electron chi connectivity index (χ1n) is 9.39. The molecule has 1 aromatic rings. The third-order valence-corrected chi connectivity index (χ3v) is 5.62. The number of benzene rings is 1. The quantitative estimate of drug-likeness (QED) is 0.872. The molecule has 1 heterocycles. The van der Waals surface area contributed by atoms with Crippen molar-refractivity contribution >= 4 is 11.6 Å². The molecule has 1 amide bonds. The number of rotatable bonds is 5. The van der Waals surface area contributed by atoms with Crippen LogP contribution < -0.4 is 10.6 Å². The molecule has 2 aliphatic rings. The van der Waals surface area contributed by atoms with E-state index in [1.807, 2.05) is 0 Å². The Kier molecular flexibility index (Phi) is 5.44. The lowest BCUT2D eigenvalue weighted by molar-refractivity contribution is -0.126. The van der Waals surface area contributed by atoms with E-state index < -0.39 is 5.54 Å². The van der Waals surface area contributed by atoms with Crippen LogP contribution in [0.4, 0.5) is 5.69 Å². The molecule has 0 aromatic heterocycles. The maximum atomic E-state index is 13.0. The van der Waals surface area contributed by atoms with Gasteiger partial charge in [0.25, 0.3) is 0 Å². The number of hydrogen-bond donors (Lipinski definition) is 2. The molecule has 0 radical (unpaired) electrons. The highest BCUT2D eigenvalue weighted by Gasteiger charge is 2.39. The van der Waals surface area contributed by atoms with Crippen molar-refractivity contribution in [1.82, 2.24) is 10.2 Å². The van der Waals surface area contributed by atoms with E-state index >= 15 is 0 Å². The maximum absolute atomic E-state index is 13.0. The van der Waals surface area contributed by atoms with Crippen molar-refractivity contribution in [3.63, 3.8) is 0 Å². The molecule has 1 saturated carbocycles. The highest BCUT2D eigenvalue weighted by molar-refractivity contribution is 5.89. The predicted molar refractivity (Wildman–Crippen MR) is 99.2 cm³/mol. The monoisotopic (exact) mass is 329 g/mol. The molecule has 132 valence electrons. The van der Waals surface area contributed by atoms with E-state index in [2.05, 4.69) is 53.8 Å². The molecule has 24 heavy (non-hydrogen) atoms. The van der Waals surface area contributed by atoms with Crippen molar-refractivity contribution in [2.75, 3.05) is 32.0 Å². The van der Waals surface area contributed by atoms with Crippen LogP contribution in [0.2, 0.25) is 0 Å². The van der Waals surface area contributed by atoms with Crippen LogP contribution in [0, 0.1) is 12.8 Å². The minimum atomic E-state index is -0.433. The molecule has 4 nitrogen and oxygen atoms in total. The summed E-state index contributed by atoms with van der Waals surface area (Å²) in [5.74, 6) is 0.788. The average molecular weight is 329 g/mol. The molecule has 0 spiro atoms. The Labute approximate surface area is 146 Å². The largest absolute Gasteiger partial charge is 0.371 e. The van der Waals surface area contributed by atoms with Gasteiger partial charge in [-0.15, -0.1) is 0 Å². The zero-order chi connectivity index (χ0) is 17.0. The van der Waals surface area contributed by atoms with E-state index in [1.54, 1.807) is 0 Å². The summed E-state index contributed by atoms with van der Waals surface area (Å²) in [7, 11) is 2.16. The molecule has 2 fully saturated rings. The van der Waals surface area contributed by atoms with Crippen molar-refractivity contribution in [2.24, 2.45) is 5.92 Å². The van der Waals surface area contributed by atoms with Gasteiger partial charge in [0.1, 0.15) is 5.54 Å². The topological polar surface area (TPSA) is 44.4 Å². The van der Waals surface area contributed by atoms with Gasteiger partial charge in [0.15, 0.2) is 0 Å². The normalized spacial score (nSPS) is 23.8. The molecular weight excluding hydrogens is 298 g/mol. The average Bonchev–Trinajstić information content (AvgIpc) is 3.01. The van der Waals surface area contributed by atoms with Gasteiger partial charge in [-0.1, -0.05) is 37.0 Å². The summed E-state index contributed by atoms with van der Waals surface area (Å²) < 4.78 is 0. The molecule has 2 N–H and O–H groups in total. The molecule has 1 saturated heterocycles. The van der Waals surface area contributed by atoms with Crippen LogP contribution in [0.25, 0.3) is 0 Å². The Balaban J connectivity index is 1.65. The number of nitrogens with one attached hydrogen (secondary N) is 2. The summed E-state index contributed by atoms with van der Waals surface area (Å²) in [5, 5.41) is 6.84. The van der Waals surface area contributed by atoms with E-state index in [1.165, 1.54) is 18.4 Å². The van der Waals surface area contributed by atoms with Crippen molar-refractivity contribution < 1.29 is 4.79 Å². The second-order valence-electron chi connectivity index (χ2n) is 7.76. The number of likely N-dealkylation sites (tertiary alicyclic amines) is 1. The Hall–Kier alpha value is -1.55. The molecule has 4 heteroatoms.